The Morgan fingerprint density at radius 1 is 1.11 bits per heavy atom. The van der Waals surface area contributed by atoms with Crippen molar-refractivity contribution >= 4 is 27.0 Å². The summed E-state index contributed by atoms with van der Waals surface area (Å²) in [6, 6.07) is 12.2. The monoisotopic (exact) mass is 403 g/mol. The van der Waals surface area contributed by atoms with Crippen LogP contribution < -0.4 is 15.5 Å². The lowest BCUT2D eigenvalue weighted by molar-refractivity contribution is 0.0521. The average molecular weight is 403 g/mol. The number of esters is 1. The molecule has 0 unspecified atom stereocenters. The predicted molar refractivity (Wildman–Crippen MR) is 101 cm³/mol. The molecule has 0 saturated heterocycles. The number of nitrogens with two attached hydrogens (primary N) is 1. The topological polar surface area (TPSA) is 126 Å². The molecule has 0 saturated carbocycles. The minimum absolute atomic E-state index is 0.0149. The van der Waals surface area contributed by atoms with Crippen molar-refractivity contribution in [2.45, 2.75) is 18.4 Å². The highest BCUT2D eigenvalue weighted by atomic mass is 32.2. The zero-order chi connectivity index (χ0) is 20.3. The Hall–Kier alpha value is -3.17. The normalized spacial score (nSPS) is 11.4. The Labute approximate surface area is 160 Å². The summed E-state index contributed by atoms with van der Waals surface area (Å²) in [5, 5.41) is 5.61. The van der Waals surface area contributed by atoms with Crippen LogP contribution in [-0.2, 0) is 21.4 Å². The first-order valence-corrected chi connectivity index (χ1v) is 9.82. The fraction of sp³-hybridized carbons (Fsp3) is 0.158. The predicted octanol–water partition coefficient (Wildman–Crippen LogP) is 2.20. The van der Waals surface area contributed by atoms with Crippen LogP contribution in [0.3, 0.4) is 0 Å². The van der Waals surface area contributed by atoms with Gasteiger partial charge in [-0.3, -0.25) is 0 Å². The molecule has 28 heavy (non-hydrogen) atoms. The van der Waals surface area contributed by atoms with Gasteiger partial charge in [-0.25, -0.2) is 23.1 Å². The fourth-order valence-electron chi connectivity index (χ4n) is 2.47. The van der Waals surface area contributed by atoms with E-state index >= 15 is 0 Å². The average Bonchev–Trinajstić information content (AvgIpc) is 2.65. The molecular weight excluding hydrogens is 386 g/mol. The summed E-state index contributed by atoms with van der Waals surface area (Å²) >= 11 is 0. The van der Waals surface area contributed by atoms with Crippen LogP contribution >= 0.6 is 0 Å². The SMILES string of the molecule is CCOC(=O)c1cc2ccc(OCc3ccc(S(N)(=O)=O)cc3)cc2oc1=O. The molecule has 0 fully saturated rings. The van der Waals surface area contributed by atoms with Gasteiger partial charge < -0.3 is 13.9 Å². The van der Waals surface area contributed by atoms with E-state index in [-0.39, 0.29) is 29.3 Å². The lowest BCUT2D eigenvalue weighted by atomic mass is 10.2. The second-order valence-electron chi connectivity index (χ2n) is 5.85. The quantitative estimate of drug-likeness (QED) is 0.494. The summed E-state index contributed by atoms with van der Waals surface area (Å²) in [5.41, 5.74) is 0.0337. The number of hydrogen-bond acceptors (Lipinski definition) is 7. The molecule has 9 heteroatoms. The maximum Gasteiger partial charge on any atom is 0.351 e. The number of benzene rings is 2. The van der Waals surface area contributed by atoms with Crippen LogP contribution in [0.25, 0.3) is 11.0 Å². The lowest BCUT2D eigenvalue weighted by Crippen LogP contribution is -2.16. The van der Waals surface area contributed by atoms with Crippen LogP contribution in [0.5, 0.6) is 5.75 Å². The van der Waals surface area contributed by atoms with Gasteiger partial charge in [0.05, 0.1) is 11.5 Å². The van der Waals surface area contributed by atoms with E-state index in [1.807, 2.05) is 0 Å². The third kappa shape index (κ3) is 4.38. The fourth-order valence-corrected chi connectivity index (χ4v) is 2.99. The molecule has 1 heterocycles. The van der Waals surface area contributed by atoms with E-state index < -0.39 is 21.6 Å². The van der Waals surface area contributed by atoms with Crippen molar-refractivity contribution in [2.75, 3.05) is 6.61 Å². The summed E-state index contributed by atoms with van der Waals surface area (Å²) in [4.78, 5) is 23.8. The van der Waals surface area contributed by atoms with E-state index in [2.05, 4.69) is 0 Å². The maximum absolute atomic E-state index is 12.0. The number of fused-ring (bicyclic) bond motifs is 1. The lowest BCUT2D eigenvalue weighted by Gasteiger charge is -2.08. The van der Waals surface area contributed by atoms with Crippen LogP contribution in [0.15, 0.2) is 62.6 Å². The van der Waals surface area contributed by atoms with Gasteiger partial charge in [0, 0.05) is 11.5 Å². The third-order valence-electron chi connectivity index (χ3n) is 3.86. The van der Waals surface area contributed by atoms with E-state index in [1.165, 1.54) is 24.3 Å². The van der Waals surface area contributed by atoms with Gasteiger partial charge in [0.1, 0.15) is 23.5 Å². The smallest absolute Gasteiger partial charge is 0.351 e. The van der Waals surface area contributed by atoms with E-state index in [4.69, 9.17) is 19.0 Å². The van der Waals surface area contributed by atoms with Gasteiger partial charge in [0.15, 0.2) is 0 Å². The Balaban J connectivity index is 1.78. The van der Waals surface area contributed by atoms with Gasteiger partial charge in [-0.1, -0.05) is 12.1 Å². The summed E-state index contributed by atoms with van der Waals surface area (Å²) in [7, 11) is -3.74. The number of rotatable bonds is 6. The van der Waals surface area contributed by atoms with Crippen LogP contribution in [-0.4, -0.2) is 21.0 Å². The molecule has 3 rings (SSSR count). The molecule has 1 aromatic heterocycles. The summed E-state index contributed by atoms with van der Waals surface area (Å²) in [6.45, 7) is 1.97. The van der Waals surface area contributed by atoms with E-state index in [1.54, 1.807) is 31.2 Å². The Kier molecular flexibility index (Phi) is 5.48. The van der Waals surface area contributed by atoms with Crippen LogP contribution in [0, 0.1) is 0 Å². The number of ether oxygens (including phenoxy) is 2. The van der Waals surface area contributed by atoms with Gasteiger partial charge in [-0.05, 0) is 42.8 Å². The zero-order valence-electron chi connectivity index (χ0n) is 14.9. The molecule has 0 aliphatic heterocycles. The van der Waals surface area contributed by atoms with E-state index in [0.29, 0.717) is 11.1 Å². The second-order valence-corrected chi connectivity index (χ2v) is 7.41. The minimum atomic E-state index is -3.74. The molecule has 0 radical (unpaired) electrons. The van der Waals surface area contributed by atoms with Crippen molar-refractivity contribution in [3.8, 4) is 5.75 Å². The molecule has 2 aromatic carbocycles. The molecule has 0 amide bonds. The molecule has 0 aliphatic carbocycles. The van der Waals surface area contributed by atoms with Gasteiger partial charge >= 0.3 is 11.6 Å². The van der Waals surface area contributed by atoms with Gasteiger partial charge in [-0.15, -0.1) is 0 Å². The molecule has 3 aromatic rings. The van der Waals surface area contributed by atoms with Crippen molar-refractivity contribution in [3.05, 3.63) is 70.1 Å². The van der Waals surface area contributed by atoms with Crippen LogP contribution in [0.2, 0.25) is 0 Å². The Bertz CT molecular complexity index is 1180. The van der Waals surface area contributed by atoms with E-state index in [9.17, 15) is 18.0 Å². The summed E-state index contributed by atoms with van der Waals surface area (Å²) < 4.78 is 38.2. The number of carbonyl (C=O) groups excluding carboxylic acids is 1. The maximum atomic E-state index is 12.0. The molecule has 0 atom stereocenters. The molecule has 8 nitrogen and oxygen atoms in total. The number of primary sulfonamides is 1. The van der Waals surface area contributed by atoms with Crippen molar-refractivity contribution in [1.82, 2.24) is 0 Å². The first-order chi connectivity index (χ1) is 13.3. The van der Waals surface area contributed by atoms with Crippen molar-refractivity contribution in [2.24, 2.45) is 5.14 Å². The second kappa shape index (κ2) is 7.83. The first-order valence-electron chi connectivity index (χ1n) is 8.27. The minimum Gasteiger partial charge on any atom is -0.489 e. The first kappa shape index (κ1) is 19.6. The van der Waals surface area contributed by atoms with Crippen molar-refractivity contribution in [1.29, 1.82) is 0 Å². The summed E-state index contributed by atoms with van der Waals surface area (Å²) in [5.74, 6) is -0.295. The van der Waals surface area contributed by atoms with Gasteiger partial charge in [0.25, 0.3) is 0 Å². The largest absolute Gasteiger partial charge is 0.489 e. The standard InChI is InChI=1S/C19H17NO7S/c1-2-25-18(21)16-9-13-5-6-14(10-17(13)27-19(16)22)26-11-12-3-7-15(8-4-12)28(20,23)24/h3-10H,2,11H2,1H3,(H2,20,23,24). The molecule has 0 bridgehead atoms. The highest BCUT2D eigenvalue weighted by Crippen LogP contribution is 2.22. The molecule has 0 aliphatic rings. The summed E-state index contributed by atoms with van der Waals surface area (Å²) in [6.07, 6.45) is 0. The van der Waals surface area contributed by atoms with Crippen molar-refractivity contribution < 1.29 is 27.1 Å². The molecule has 2 N–H and O–H groups in total. The Morgan fingerprint density at radius 3 is 2.46 bits per heavy atom. The van der Waals surface area contributed by atoms with E-state index in [0.717, 1.165) is 5.56 Å². The molecule has 146 valence electrons. The van der Waals surface area contributed by atoms with Gasteiger partial charge in [0.2, 0.25) is 10.0 Å². The zero-order valence-corrected chi connectivity index (χ0v) is 15.7. The third-order valence-corrected chi connectivity index (χ3v) is 4.79. The van der Waals surface area contributed by atoms with Crippen molar-refractivity contribution in [3.63, 3.8) is 0 Å². The number of sulfonamides is 1. The molecule has 0 spiro atoms. The van der Waals surface area contributed by atoms with Gasteiger partial charge in [-0.2, -0.15) is 0 Å². The van der Waals surface area contributed by atoms with Crippen LogP contribution in [0.4, 0.5) is 0 Å². The number of carbonyl (C=O) groups is 1. The molecular formula is C19H17NO7S. The highest BCUT2D eigenvalue weighted by Gasteiger charge is 2.15. The Morgan fingerprint density at radius 2 is 1.82 bits per heavy atom. The number of hydrogen-bond donors (Lipinski definition) is 1. The van der Waals surface area contributed by atoms with Crippen LogP contribution in [0.1, 0.15) is 22.8 Å². The highest BCUT2D eigenvalue weighted by molar-refractivity contribution is 7.89.